The van der Waals surface area contributed by atoms with E-state index in [-0.39, 0.29) is 5.91 Å². The molecule has 3 rings (SSSR count). The Balaban J connectivity index is 1.58. The molecule has 16 heavy (non-hydrogen) atoms. The largest absolute Gasteiger partial charge is 0.370 e. The number of primary amides is 1. The Morgan fingerprint density at radius 2 is 2.06 bits per heavy atom. The van der Waals surface area contributed by atoms with Crippen LogP contribution in [0.5, 0.6) is 0 Å². The summed E-state index contributed by atoms with van der Waals surface area (Å²) in [5.74, 6) is 0.712. The quantitative estimate of drug-likeness (QED) is 0.640. The number of piperidine rings is 3. The Labute approximate surface area is 97.6 Å². The zero-order valence-corrected chi connectivity index (χ0v) is 9.95. The van der Waals surface area contributed by atoms with Crippen LogP contribution < -0.4 is 11.1 Å². The van der Waals surface area contributed by atoms with Gasteiger partial charge in [0, 0.05) is 19.0 Å². The minimum absolute atomic E-state index is 0.178. The molecular weight excluding hydrogens is 202 g/mol. The Morgan fingerprint density at radius 1 is 1.31 bits per heavy atom. The van der Waals surface area contributed by atoms with E-state index in [1.807, 2.05) is 0 Å². The average molecular weight is 225 g/mol. The maximum Gasteiger partial charge on any atom is 0.217 e. The minimum atomic E-state index is -0.178. The number of carbonyl (C=O) groups is 1. The molecule has 4 heteroatoms. The molecule has 3 N–H and O–H groups in total. The highest BCUT2D eigenvalue weighted by Crippen LogP contribution is 2.27. The zero-order valence-electron chi connectivity index (χ0n) is 9.95. The Hall–Kier alpha value is -0.610. The van der Waals surface area contributed by atoms with E-state index >= 15 is 0 Å². The molecule has 0 radical (unpaired) electrons. The van der Waals surface area contributed by atoms with Crippen LogP contribution >= 0.6 is 0 Å². The average Bonchev–Trinajstić information content (AvgIpc) is 2.30. The third kappa shape index (κ3) is 3.19. The number of amides is 1. The predicted molar refractivity (Wildman–Crippen MR) is 64.0 cm³/mol. The second-order valence-electron chi connectivity index (χ2n) is 5.12. The van der Waals surface area contributed by atoms with Gasteiger partial charge in [0.05, 0.1) is 0 Å². The van der Waals surface area contributed by atoms with Gasteiger partial charge in [0.15, 0.2) is 0 Å². The summed E-state index contributed by atoms with van der Waals surface area (Å²) in [5, 5.41) is 3.63. The molecule has 1 unspecified atom stereocenters. The summed E-state index contributed by atoms with van der Waals surface area (Å²) in [5.41, 5.74) is 5.10. The highest BCUT2D eigenvalue weighted by Gasteiger charge is 2.33. The standard InChI is InChI=1S/C12H23N3O/c13-12(16)3-1-2-6-14-11-9-15-7-4-10(11)5-8-15/h10-11,14H,1-9H2,(H2,13,16). The monoisotopic (exact) mass is 225 g/mol. The zero-order chi connectivity index (χ0) is 11.4. The Bertz CT molecular complexity index is 236. The van der Waals surface area contributed by atoms with Crippen molar-refractivity contribution >= 4 is 5.91 Å². The van der Waals surface area contributed by atoms with Crippen LogP contribution in [0.25, 0.3) is 0 Å². The fourth-order valence-electron chi connectivity index (χ4n) is 2.91. The highest BCUT2D eigenvalue weighted by molar-refractivity contribution is 5.73. The molecule has 0 saturated carbocycles. The van der Waals surface area contributed by atoms with Crippen molar-refractivity contribution < 1.29 is 4.79 Å². The molecule has 3 aliphatic rings. The van der Waals surface area contributed by atoms with Gasteiger partial charge in [-0.3, -0.25) is 4.79 Å². The lowest BCUT2D eigenvalue weighted by Crippen LogP contribution is -2.56. The molecule has 0 aromatic rings. The highest BCUT2D eigenvalue weighted by atomic mass is 16.1. The van der Waals surface area contributed by atoms with Gasteiger partial charge in [0.2, 0.25) is 5.91 Å². The SMILES string of the molecule is NC(=O)CCCCNC1CN2CCC1CC2. The van der Waals surface area contributed by atoms with Gasteiger partial charge in [-0.2, -0.15) is 0 Å². The van der Waals surface area contributed by atoms with Crippen molar-refractivity contribution in [2.24, 2.45) is 11.7 Å². The van der Waals surface area contributed by atoms with E-state index in [1.54, 1.807) is 0 Å². The molecule has 3 aliphatic heterocycles. The molecule has 2 bridgehead atoms. The molecule has 1 atom stereocenters. The number of nitrogens with two attached hydrogens (primary N) is 1. The van der Waals surface area contributed by atoms with Crippen molar-refractivity contribution in [3.63, 3.8) is 0 Å². The van der Waals surface area contributed by atoms with Crippen molar-refractivity contribution in [2.75, 3.05) is 26.2 Å². The summed E-state index contributed by atoms with van der Waals surface area (Å²) in [4.78, 5) is 13.1. The number of rotatable bonds is 6. The van der Waals surface area contributed by atoms with Crippen LogP contribution in [0.15, 0.2) is 0 Å². The number of fused-ring (bicyclic) bond motifs is 3. The molecule has 0 spiro atoms. The van der Waals surface area contributed by atoms with E-state index in [4.69, 9.17) is 5.73 Å². The minimum Gasteiger partial charge on any atom is -0.370 e. The number of nitrogens with zero attached hydrogens (tertiary/aromatic N) is 1. The van der Waals surface area contributed by atoms with Crippen LogP contribution in [0, 0.1) is 5.92 Å². The fraction of sp³-hybridized carbons (Fsp3) is 0.917. The van der Waals surface area contributed by atoms with Crippen LogP contribution in [0.1, 0.15) is 32.1 Å². The summed E-state index contributed by atoms with van der Waals surface area (Å²) < 4.78 is 0. The van der Waals surface area contributed by atoms with E-state index in [9.17, 15) is 4.79 Å². The van der Waals surface area contributed by atoms with Gasteiger partial charge >= 0.3 is 0 Å². The second kappa shape index (κ2) is 5.64. The van der Waals surface area contributed by atoms with Gasteiger partial charge < -0.3 is 16.0 Å². The number of nitrogens with one attached hydrogen (secondary N) is 1. The topological polar surface area (TPSA) is 58.4 Å². The van der Waals surface area contributed by atoms with Crippen molar-refractivity contribution in [3.8, 4) is 0 Å². The smallest absolute Gasteiger partial charge is 0.217 e. The Kier molecular flexibility index (Phi) is 4.18. The predicted octanol–water partition coefficient (Wildman–Crippen LogP) is 0.326. The normalized spacial score (nSPS) is 32.9. The molecule has 0 aromatic carbocycles. The van der Waals surface area contributed by atoms with E-state index in [1.165, 1.54) is 32.5 Å². The summed E-state index contributed by atoms with van der Waals surface area (Å²) >= 11 is 0. The van der Waals surface area contributed by atoms with Crippen LogP contribution in [0.4, 0.5) is 0 Å². The molecule has 92 valence electrons. The lowest BCUT2D eigenvalue weighted by molar-refractivity contribution is -0.118. The third-order valence-electron chi connectivity index (χ3n) is 3.91. The molecule has 0 aromatic heterocycles. The molecule has 3 fully saturated rings. The van der Waals surface area contributed by atoms with E-state index in [2.05, 4.69) is 10.2 Å². The number of carbonyl (C=O) groups excluding carboxylic acids is 1. The van der Waals surface area contributed by atoms with Gasteiger partial charge in [0.1, 0.15) is 0 Å². The first-order valence-electron chi connectivity index (χ1n) is 6.50. The summed E-state index contributed by atoms with van der Waals surface area (Å²) in [6.07, 6.45) is 5.23. The van der Waals surface area contributed by atoms with Crippen molar-refractivity contribution in [3.05, 3.63) is 0 Å². The van der Waals surface area contributed by atoms with Gasteiger partial charge in [-0.15, -0.1) is 0 Å². The maximum atomic E-state index is 10.6. The van der Waals surface area contributed by atoms with Crippen LogP contribution in [-0.4, -0.2) is 43.0 Å². The van der Waals surface area contributed by atoms with Crippen LogP contribution in [-0.2, 0) is 4.79 Å². The molecular formula is C12H23N3O. The van der Waals surface area contributed by atoms with Gasteiger partial charge in [-0.25, -0.2) is 0 Å². The molecule has 3 saturated heterocycles. The van der Waals surface area contributed by atoms with E-state index in [0.29, 0.717) is 12.5 Å². The first kappa shape index (κ1) is 11.9. The first-order valence-corrected chi connectivity index (χ1v) is 6.50. The maximum absolute atomic E-state index is 10.6. The van der Waals surface area contributed by atoms with Crippen molar-refractivity contribution in [2.45, 2.75) is 38.1 Å². The lowest BCUT2D eigenvalue weighted by Gasteiger charge is -2.45. The number of unbranched alkanes of at least 4 members (excludes halogenated alkanes) is 1. The summed E-state index contributed by atoms with van der Waals surface area (Å²) in [7, 11) is 0. The van der Waals surface area contributed by atoms with Gasteiger partial charge in [-0.05, 0) is 51.2 Å². The summed E-state index contributed by atoms with van der Waals surface area (Å²) in [6.45, 7) is 4.85. The Morgan fingerprint density at radius 3 is 2.62 bits per heavy atom. The van der Waals surface area contributed by atoms with E-state index in [0.717, 1.165) is 25.3 Å². The second-order valence-corrected chi connectivity index (χ2v) is 5.12. The first-order chi connectivity index (χ1) is 7.75. The van der Waals surface area contributed by atoms with Crippen LogP contribution in [0.3, 0.4) is 0 Å². The molecule has 4 nitrogen and oxygen atoms in total. The number of hydrogen-bond donors (Lipinski definition) is 2. The summed E-state index contributed by atoms with van der Waals surface area (Å²) in [6, 6.07) is 0.691. The van der Waals surface area contributed by atoms with Gasteiger partial charge in [-0.1, -0.05) is 0 Å². The fourth-order valence-corrected chi connectivity index (χ4v) is 2.91. The van der Waals surface area contributed by atoms with E-state index < -0.39 is 0 Å². The lowest BCUT2D eigenvalue weighted by atomic mass is 9.84. The van der Waals surface area contributed by atoms with Gasteiger partial charge in [0.25, 0.3) is 0 Å². The molecule has 3 heterocycles. The van der Waals surface area contributed by atoms with Crippen LogP contribution in [0.2, 0.25) is 0 Å². The number of hydrogen-bond acceptors (Lipinski definition) is 3. The third-order valence-corrected chi connectivity index (χ3v) is 3.91. The van der Waals surface area contributed by atoms with Crippen molar-refractivity contribution in [1.82, 2.24) is 10.2 Å². The molecule has 0 aliphatic carbocycles. The van der Waals surface area contributed by atoms with Crippen molar-refractivity contribution in [1.29, 1.82) is 0 Å². The molecule has 1 amide bonds.